The third-order valence-electron chi connectivity index (χ3n) is 8.21. The largest absolute Gasteiger partial charge is 0.508 e. The second kappa shape index (κ2) is 10.5. The lowest BCUT2D eigenvalue weighted by molar-refractivity contribution is -0.133. The Labute approximate surface area is 243 Å². The number of anilines is 4. The number of primary amides is 1. The number of phenolic OH excluding ortho intramolecular Hbond substituents is 1. The van der Waals surface area contributed by atoms with Crippen molar-refractivity contribution in [2.45, 2.75) is 44.6 Å². The third-order valence-corrected chi connectivity index (χ3v) is 8.21. The molecule has 2 saturated carbocycles. The molecule has 11 nitrogen and oxygen atoms in total. The summed E-state index contributed by atoms with van der Waals surface area (Å²) in [5.41, 5.74) is 7.46. The summed E-state index contributed by atoms with van der Waals surface area (Å²) in [5.74, 6) is -0.655. The number of nitrogens with one attached hydrogen (secondary N) is 1. The van der Waals surface area contributed by atoms with Crippen LogP contribution in [-0.2, 0) is 9.59 Å². The minimum Gasteiger partial charge on any atom is -0.508 e. The summed E-state index contributed by atoms with van der Waals surface area (Å²) in [6.07, 6.45) is 6.76. The molecule has 0 unspecified atom stereocenters. The first-order valence-electron chi connectivity index (χ1n) is 14.1. The predicted molar refractivity (Wildman–Crippen MR) is 159 cm³/mol. The molecule has 2 aliphatic carbocycles. The van der Waals surface area contributed by atoms with E-state index in [-0.39, 0.29) is 17.7 Å². The molecule has 0 saturated heterocycles. The monoisotopic (exact) mass is 567 g/mol. The van der Waals surface area contributed by atoms with Crippen LogP contribution in [0, 0.1) is 5.41 Å². The maximum atomic E-state index is 13.6. The molecule has 6 rings (SSSR count). The maximum Gasteiger partial charge on any atom is 0.270 e. The number of nitrogens with zero attached hydrogens (tertiary/aromatic N) is 5. The Balaban J connectivity index is 1.31. The topological polar surface area (TPSA) is 147 Å². The van der Waals surface area contributed by atoms with Gasteiger partial charge in [-0.1, -0.05) is 12.8 Å². The second-order valence-corrected chi connectivity index (χ2v) is 11.3. The average molecular weight is 568 g/mol. The number of carbonyl (C=O) groups is 3. The van der Waals surface area contributed by atoms with E-state index >= 15 is 0 Å². The van der Waals surface area contributed by atoms with E-state index in [0.717, 1.165) is 31.1 Å². The molecule has 2 fully saturated rings. The van der Waals surface area contributed by atoms with Gasteiger partial charge in [0.1, 0.15) is 22.5 Å². The van der Waals surface area contributed by atoms with Crippen LogP contribution in [-0.4, -0.2) is 56.4 Å². The number of carbonyl (C=O) groups excluding carboxylic acids is 3. The van der Waals surface area contributed by atoms with Gasteiger partial charge in [0.05, 0.1) is 0 Å². The molecule has 2 heterocycles. The van der Waals surface area contributed by atoms with E-state index in [2.05, 4.69) is 14.9 Å². The van der Waals surface area contributed by atoms with Gasteiger partial charge < -0.3 is 25.6 Å². The predicted octanol–water partition coefficient (Wildman–Crippen LogP) is 4.63. The molecule has 0 aliphatic heterocycles. The molecule has 2 aliphatic rings. The second-order valence-electron chi connectivity index (χ2n) is 11.3. The average Bonchev–Trinajstić information content (AvgIpc) is 3.47. The molecule has 11 heteroatoms. The molecule has 0 spiro atoms. The number of aromatic nitrogens is 3. The highest BCUT2D eigenvalue weighted by Crippen LogP contribution is 2.49. The lowest BCUT2D eigenvalue weighted by Crippen LogP contribution is -2.41. The standard InChI is InChI=1S/C31H33N7O4/c1-36(2)27(40)25-17-19-18-33-30(35-26(19)38(25)21-5-3-4-6-21)34-20-7-9-22(10-8-20)37(23-11-13-24(39)14-12-23)29(42)31(15-16-31)28(32)41/h7-14,17-18,21,39H,3-6,15-16H2,1-2H3,(H2,32,41)(H,33,34,35). The van der Waals surface area contributed by atoms with Crippen molar-refractivity contribution in [3.63, 3.8) is 0 Å². The van der Waals surface area contributed by atoms with E-state index in [1.165, 1.54) is 17.0 Å². The summed E-state index contributed by atoms with van der Waals surface area (Å²) >= 11 is 0. The van der Waals surface area contributed by atoms with Crippen molar-refractivity contribution < 1.29 is 19.5 Å². The smallest absolute Gasteiger partial charge is 0.270 e. The summed E-state index contributed by atoms with van der Waals surface area (Å²) in [6, 6.07) is 15.4. The molecule has 2 aromatic carbocycles. The highest BCUT2D eigenvalue weighted by atomic mass is 16.3. The molecule has 0 bridgehead atoms. The molecular weight excluding hydrogens is 534 g/mol. The van der Waals surface area contributed by atoms with Crippen LogP contribution in [0.5, 0.6) is 5.75 Å². The van der Waals surface area contributed by atoms with Gasteiger partial charge in [0.25, 0.3) is 5.91 Å². The SMILES string of the molecule is CN(C)C(=O)c1cc2cnc(Nc3ccc(N(C(=O)C4(C(N)=O)CC4)c4ccc(O)cc4)cc3)nc2n1C1CCCC1. The molecule has 4 aromatic rings. The summed E-state index contributed by atoms with van der Waals surface area (Å²) < 4.78 is 2.06. The van der Waals surface area contributed by atoms with E-state index in [1.54, 1.807) is 61.6 Å². The molecule has 42 heavy (non-hydrogen) atoms. The molecule has 0 atom stereocenters. The number of benzene rings is 2. The highest BCUT2D eigenvalue weighted by molar-refractivity contribution is 6.16. The zero-order valence-electron chi connectivity index (χ0n) is 23.6. The molecule has 0 radical (unpaired) electrons. The van der Waals surface area contributed by atoms with Crippen LogP contribution in [0.25, 0.3) is 11.0 Å². The lowest BCUT2D eigenvalue weighted by atomic mass is 10.0. The zero-order valence-corrected chi connectivity index (χ0v) is 23.6. The van der Waals surface area contributed by atoms with Crippen molar-refractivity contribution in [3.8, 4) is 5.75 Å². The normalized spacial score (nSPS) is 15.9. The molecule has 2 aromatic heterocycles. The van der Waals surface area contributed by atoms with Crippen molar-refractivity contribution in [2.75, 3.05) is 24.3 Å². The summed E-state index contributed by atoms with van der Waals surface area (Å²) in [7, 11) is 3.49. The van der Waals surface area contributed by atoms with Gasteiger partial charge in [-0.05, 0) is 80.3 Å². The first-order chi connectivity index (χ1) is 20.2. The van der Waals surface area contributed by atoms with Gasteiger partial charge in [-0.3, -0.25) is 19.3 Å². The lowest BCUT2D eigenvalue weighted by Gasteiger charge is -2.26. The fraction of sp³-hybridized carbons (Fsp3) is 0.323. The van der Waals surface area contributed by atoms with E-state index < -0.39 is 17.2 Å². The Hall–Kier alpha value is -4.93. The Kier molecular flexibility index (Phi) is 6.80. The van der Waals surface area contributed by atoms with Crippen LogP contribution in [0.1, 0.15) is 55.1 Å². The summed E-state index contributed by atoms with van der Waals surface area (Å²) in [5, 5.41) is 13.8. The first-order valence-corrected chi connectivity index (χ1v) is 14.1. The van der Waals surface area contributed by atoms with Gasteiger partial charge in [-0.15, -0.1) is 0 Å². The van der Waals surface area contributed by atoms with Gasteiger partial charge in [-0.2, -0.15) is 4.98 Å². The third kappa shape index (κ3) is 4.80. The van der Waals surface area contributed by atoms with Gasteiger partial charge >= 0.3 is 0 Å². The van der Waals surface area contributed by atoms with Crippen LogP contribution in [0.3, 0.4) is 0 Å². The van der Waals surface area contributed by atoms with Crippen LogP contribution in [0.4, 0.5) is 23.0 Å². The number of hydrogen-bond donors (Lipinski definition) is 3. The van der Waals surface area contributed by atoms with E-state index in [4.69, 9.17) is 10.7 Å². The van der Waals surface area contributed by atoms with Gasteiger partial charge in [0, 0.05) is 48.8 Å². The first kappa shape index (κ1) is 27.3. The van der Waals surface area contributed by atoms with Crippen LogP contribution < -0.4 is 16.0 Å². The molecule has 4 N–H and O–H groups in total. The fourth-order valence-electron chi connectivity index (χ4n) is 5.71. The number of amides is 3. The van der Waals surface area contributed by atoms with Gasteiger partial charge in [0.15, 0.2) is 0 Å². The summed E-state index contributed by atoms with van der Waals surface area (Å²) in [6.45, 7) is 0. The van der Waals surface area contributed by atoms with Gasteiger partial charge in [-0.25, -0.2) is 4.98 Å². The van der Waals surface area contributed by atoms with Crippen LogP contribution in [0.2, 0.25) is 0 Å². The Morgan fingerprint density at radius 3 is 2.19 bits per heavy atom. The molecule has 216 valence electrons. The Morgan fingerprint density at radius 1 is 1.00 bits per heavy atom. The van der Waals surface area contributed by atoms with Crippen LogP contribution >= 0.6 is 0 Å². The number of hydrogen-bond acceptors (Lipinski definition) is 7. The minimum atomic E-state index is -1.22. The quantitative estimate of drug-likeness (QED) is 0.263. The van der Waals surface area contributed by atoms with Crippen molar-refractivity contribution in [2.24, 2.45) is 11.1 Å². The highest BCUT2D eigenvalue weighted by Gasteiger charge is 2.57. The van der Waals surface area contributed by atoms with E-state index in [1.807, 2.05) is 6.07 Å². The number of fused-ring (bicyclic) bond motifs is 1. The maximum absolute atomic E-state index is 13.6. The summed E-state index contributed by atoms with van der Waals surface area (Å²) in [4.78, 5) is 51.1. The Morgan fingerprint density at radius 2 is 1.62 bits per heavy atom. The van der Waals surface area contributed by atoms with Crippen LogP contribution in [0.15, 0.2) is 60.8 Å². The van der Waals surface area contributed by atoms with E-state index in [0.29, 0.717) is 47.2 Å². The Bertz CT molecular complexity index is 1670. The molecular formula is C31H33N7O4. The van der Waals surface area contributed by atoms with E-state index in [9.17, 15) is 19.5 Å². The zero-order chi connectivity index (χ0) is 29.6. The number of nitrogens with two attached hydrogens (primary N) is 1. The minimum absolute atomic E-state index is 0.0657. The molecule has 3 amide bonds. The van der Waals surface area contributed by atoms with Crippen molar-refractivity contribution >= 4 is 51.8 Å². The fourth-order valence-corrected chi connectivity index (χ4v) is 5.71. The number of phenols is 1. The van der Waals surface area contributed by atoms with Crippen molar-refractivity contribution in [1.29, 1.82) is 0 Å². The van der Waals surface area contributed by atoms with Gasteiger partial charge in [0.2, 0.25) is 17.8 Å². The number of aromatic hydroxyl groups is 1. The number of rotatable bonds is 8. The van der Waals surface area contributed by atoms with Crippen molar-refractivity contribution in [1.82, 2.24) is 19.4 Å². The van der Waals surface area contributed by atoms with Crippen molar-refractivity contribution in [3.05, 3.63) is 66.5 Å².